The van der Waals surface area contributed by atoms with Gasteiger partial charge >= 0.3 is 0 Å². The Morgan fingerprint density at radius 3 is 2.53 bits per heavy atom. The van der Waals surface area contributed by atoms with Gasteiger partial charge in [-0.05, 0) is 74.4 Å². The van der Waals surface area contributed by atoms with Crippen molar-refractivity contribution in [3.8, 4) is 17.1 Å². The molecule has 32 heavy (non-hydrogen) atoms. The molecule has 1 amide bonds. The fourth-order valence-corrected chi connectivity index (χ4v) is 4.36. The molecule has 2 aromatic heterocycles. The third kappa shape index (κ3) is 4.96. The summed E-state index contributed by atoms with van der Waals surface area (Å²) in [6.45, 7) is 10.2. The summed E-state index contributed by atoms with van der Waals surface area (Å²) in [6, 6.07) is 9.63. The van der Waals surface area contributed by atoms with Crippen LogP contribution in [0.4, 0.5) is 0 Å². The average Bonchev–Trinajstić information content (AvgIpc) is 2.72. The van der Waals surface area contributed by atoms with E-state index in [9.17, 15) is 4.79 Å². The molecule has 6 heteroatoms. The molecule has 3 aromatic rings. The Morgan fingerprint density at radius 1 is 1.16 bits per heavy atom. The second-order valence-electron chi connectivity index (χ2n) is 9.52. The van der Waals surface area contributed by atoms with Crippen molar-refractivity contribution >= 4 is 5.91 Å². The molecule has 0 radical (unpaired) electrons. The minimum absolute atomic E-state index is 0.00651. The Morgan fingerprint density at radius 2 is 1.84 bits per heavy atom. The maximum absolute atomic E-state index is 13.0. The molecule has 0 spiro atoms. The van der Waals surface area contributed by atoms with Crippen LogP contribution in [0.15, 0.2) is 48.9 Å². The maximum atomic E-state index is 13.0. The molecule has 0 fully saturated rings. The van der Waals surface area contributed by atoms with Crippen LogP contribution in [-0.4, -0.2) is 27.0 Å². The number of hydrogen-bond acceptors (Lipinski definition) is 5. The number of amides is 1. The van der Waals surface area contributed by atoms with Crippen LogP contribution in [0, 0.1) is 19.3 Å². The highest BCUT2D eigenvalue weighted by atomic mass is 16.5. The van der Waals surface area contributed by atoms with Gasteiger partial charge in [0, 0.05) is 29.7 Å². The summed E-state index contributed by atoms with van der Waals surface area (Å²) >= 11 is 0. The number of hydrogen-bond donors (Lipinski definition) is 1. The maximum Gasteiger partial charge on any atom is 0.261 e. The Hall–Kier alpha value is -3.28. The van der Waals surface area contributed by atoms with E-state index in [1.54, 1.807) is 19.3 Å². The fourth-order valence-electron chi connectivity index (χ4n) is 4.36. The van der Waals surface area contributed by atoms with Crippen molar-refractivity contribution < 1.29 is 9.53 Å². The van der Waals surface area contributed by atoms with Gasteiger partial charge in [0.05, 0.1) is 11.7 Å². The van der Waals surface area contributed by atoms with Crippen LogP contribution in [0.25, 0.3) is 11.4 Å². The van der Waals surface area contributed by atoms with Crippen LogP contribution in [0.5, 0.6) is 5.75 Å². The summed E-state index contributed by atoms with van der Waals surface area (Å²) in [5.74, 6) is 1.25. The van der Waals surface area contributed by atoms with Crippen molar-refractivity contribution in [1.82, 2.24) is 20.3 Å². The molecule has 4 rings (SSSR count). The largest absolute Gasteiger partial charge is 0.481 e. The zero-order chi connectivity index (χ0) is 22.9. The molecule has 0 unspecified atom stereocenters. The van der Waals surface area contributed by atoms with Gasteiger partial charge in [0.2, 0.25) is 0 Å². The van der Waals surface area contributed by atoms with Gasteiger partial charge in [0.15, 0.2) is 11.9 Å². The van der Waals surface area contributed by atoms with Crippen LogP contribution in [0.1, 0.15) is 55.6 Å². The van der Waals surface area contributed by atoms with Gasteiger partial charge in [0.1, 0.15) is 5.75 Å². The Bertz CT molecular complexity index is 1110. The van der Waals surface area contributed by atoms with Gasteiger partial charge in [-0.2, -0.15) is 0 Å². The molecule has 2 heterocycles. The van der Waals surface area contributed by atoms with Crippen molar-refractivity contribution in [2.75, 3.05) is 0 Å². The van der Waals surface area contributed by atoms with Crippen molar-refractivity contribution in [2.45, 2.75) is 59.6 Å². The predicted molar refractivity (Wildman–Crippen MR) is 124 cm³/mol. The van der Waals surface area contributed by atoms with Gasteiger partial charge in [-0.15, -0.1) is 0 Å². The van der Waals surface area contributed by atoms with Crippen molar-refractivity contribution in [2.24, 2.45) is 5.41 Å². The lowest BCUT2D eigenvalue weighted by Gasteiger charge is -2.37. The van der Waals surface area contributed by atoms with Gasteiger partial charge in [-0.3, -0.25) is 9.78 Å². The van der Waals surface area contributed by atoms with E-state index in [2.05, 4.69) is 35.2 Å². The quantitative estimate of drug-likeness (QED) is 0.632. The summed E-state index contributed by atoms with van der Waals surface area (Å²) in [4.78, 5) is 26.5. The van der Waals surface area contributed by atoms with Crippen molar-refractivity contribution in [1.29, 1.82) is 0 Å². The molecule has 0 saturated carbocycles. The third-order valence-electron chi connectivity index (χ3n) is 5.81. The number of ether oxygens (including phenoxy) is 1. The number of aromatic nitrogens is 3. The lowest BCUT2D eigenvalue weighted by Crippen LogP contribution is -2.42. The highest BCUT2D eigenvalue weighted by Gasteiger charge is 2.35. The highest BCUT2D eigenvalue weighted by Crippen LogP contribution is 2.40. The summed E-state index contributed by atoms with van der Waals surface area (Å²) in [7, 11) is 0. The number of nitrogens with one attached hydrogen (secondary N) is 1. The number of pyridine rings is 1. The first-order chi connectivity index (χ1) is 15.2. The first-order valence-corrected chi connectivity index (χ1v) is 11.0. The third-order valence-corrected chi connectivity index (χ3v) is 5.81. The average molecular weight is 431 g/mol. The normalized spacial score (nSPS) is 17.8. The topological polar surface area (TPSA) is 77.0 Å². The highest BCUT2D eigenvalue weighted by molar-refractivity contribution is 5.81. The van der Waals surface area contributed by atoms with E-state index >= 15 is 0 Å². The predicted octanol–water partition coefficient (Wildman–Crippen LogP) is 4.75. The van der Waals surface area contributed by atoms with Crippen LogP contribution in [0.2, 0.25) is 0 Å². The van der Waals surface area contributed by atoms with Gasteiger partial charge in [0.25, 0.3) is 5.91 Å². The number of nitrogens with zero attached hydrogens (tertiary/aromatic N) is 3. The number of fused-ring (bicyclic) bond motifs is 1. The standard InChI is InChI=1S/C26H30N4O2/c1-16-10-17(2)12-20(11-16)32-18(3)25(31)30-23-14-26(4,5)13-22-21(23)15-28-24(29-22)19-6-8-27-9-7-19/h6-12,15,18,23H,13-14H2,1-5H3,(H,30,31)/t18-,23-/m0/s1. The molecule has 0 bridgehead atoms. The smallest absolute Gasteiger partial charge is 0.261 e. The molecule has 2 atom stereocenters. The fraction of sp³-hybridized carbons (Fsp3) is 0.385. The first-order valence-electron chi connectivity index (χ1n) is 11.0. The van der Waals surface area contributed by atoms with Gasteiger partial charge < -0.3 is 10.1 Å². The van der Waals surface area contributed by atoms with Crippen LogP contribution < -0.4 is 10.1 Å². The molecule has 166 valence electrons. The van der Waals surface area contributed by atoms with Crippen molar-refractivity contribution in [3.63, 3.8) is 0 Å². The van der Waals surface area contributed by atoms with E-state index in [1.807, 2.05) is 44.3 Å². The molecule has 6 nitrogen and oxygen atoms in total. The zero-order valence-corrected chi connectivity index (χ0v) is 19.3. The van der Waals surface area contributed by atoms with E-state index in [0.717, 1.165) is 40.8 Å². The number of carbonyl (C=O) groups excluding carboxylic acids is 1. The summed E-state index contributed by atoms with van der Waals surface area (Å²) in [5, 5.41) is 3.19. The number of benzene rings is 1. The lowest BCUT2D eigenvalue weighted by atomic mass is 9.74. The molecule has 1 aliphatic rings. The van der Waals surface area contributed by atoms with Gasteiger partial charge in [-0.25, -0.2) is 9.97 Å². The first kappa shape index (κ1) is 21.9. The Labute approximate surface area is 189 Å². The molecule has 1 aromatic carbocycles. The number of rotatable bonds is 5. The minimum Gasteiger partial charge on any atom is -0.481 e. The molecule has 0 aliphatic heterocycles. The summed E-state index contributed by atoms with van der Waals surface area (Å²) in [5.41, 5.74) is 5.12. The zero-order valence-electron chi connectivity index (χ0n) is 19.3. The Kier molecular flexibility index (Phi) is 5.96. The monoisotopic (exact) mass is 430 g/mol. The lowest BCUT2D eigenvalue weighted by molar-refractivity contribution is -0.128. The summed E-state index contributed by atoms with van der Waals surface area (Å²) in [6.07, 6.45) is 6.38. The van der Waals surface area contributed by atoms with Crippen LogP contribution >= 0.6 is 0 Å². The van der Waals surface area contributed by atoms with E-state index in [4.69, 9.17) is 9.72 Å². The molecular formula is C26H30N4O2. The SMILES string of the molecule is Cc1cc(C)cc(O[C@@H](C)C(=O)N[C@H]2CC(C)(C)Cc3nc(-c4ccncc4)ncc32)c1. The van der Waals surface area contributed by atoms with Crippen molar-refractivity contribution in [3.05, 3.63) is 71.3 Å². The van der Waals surface area contributed by atoms with E-state index in [-0.39, 0.29) is 17.4 Å². The molecule has 1 aliphatic carbocycles. The molecule has 1 N–H and O–H groups in total. The van der Waals surface area contributed by atoms with Crippen LogP contribution in [-0.2, 0) is 11.2 Å². The van der Waals surface area contributed by atoms with Crippen LogP contribution in [0.3, 0.4) is 0 Å². The summed E-state index contributed by atoms with van der Waals surface area (Å²) < 4.78 is 5.95. The molecule has 0 saturated heterocycles. The van der Waals surface area contributed by atoms with E-state index < -0.39 is 6.10 Å². The van der Waals surface area contributed by atoms with E-state index in [0.29, 0.717) is 11.6 Å². The van der Waals surface area contributed by atoms with E-state index in [1.165, 1.54) is 0 Å². The molecular weight excluding hydrogens is 400 g/mol. The number of carbonyl (C=O) groups is 1. The number of aryl methyl sites for hydroxylation is 2. The minimum atomic E-state index is -0.610. The van der Waals surface area contributed by atoms with Gasteiger partial charge in [-0.1, -0.05) is 19.9 Å². The second kappa shape index (κ2) is 8.69. The second-order valence-corrected chi connectivity index (χ2v) is 9.52. The Balaban J connectivity index is 1.54.